The van der Waals surface area contributed by atoms with E-state index in [2.05, 4.69) is 45.6 Å². The molecule has 0 atom stereocenters. The number of fused-ring (bicyclic) bond motifs is 1. The Balaban J connectivity index is 1.61. The van der Waals surface area contributed by atoms with Gasteiger partial charge in [-0.25, -0.2) is 19.9 Å². The summed E-state index contributed by atoms with van der Waals surface area (Å²) in [6.07, 6.45) is 5.23. The van der Waals surface area contributed by atoms with Gasteiger partial charge in [-0.15, -0.1) is 0 Å². The Labute approximate surface area is 164 Å². The first kappa shape index (κ1) is 18.3. The van der Waals surface area contributed by atoms with Gasteiger partial charge in [0.25, 0.3) is 0 Å². The van der Waals surface area contributed by atoms with Crippen LogP contribution in [0.15, 0.2) is 30.9 Å². The molecule has 0 radical (unpaired) electrons. The summed E-state index contributed by atoms with van der Waals surface area (Å²) in [7, 11) is 0. The van der Waals surface area contributed by atoms with Gasteiger partial charge in [0.05, 0.1) is 23.5 Å². The molecule has 0 aliphatic carbocycles. The minimum atomic E-state index is -0.0735. The van der Waals surface area contributed by atoms with E-state index in [9.17, 15) is 0 Å². The van der Waals surface area contributed by atoms with Gasteiger partial charge in [0.1, 0.15) is 18.0 Å². The molecule has 0 unspecified atom stereocenters. The average molecular weight is 376 g/mol. The minimum Gasteiger partial charge on any atom is -0.437 e. The molecular formula is C21H24N6O. The van der Waals surface area contributed by atoms with E-state index in [1.807, 2.05) is 32.2 Å². The van der Waals surface area contributed by atoms with Crippen LogP contribution in [0.4, 0.5) is 5.82 Å². The minimum absolute atomic E-state index is 0.0735. The molecule has 4 heterocycles. The lowest BCUT2D eigenvalue weighted by Gasteiger charge is -2.19. The fraction of sp³-hybridized carbons (Fsp3) is 0.381. The number of ether oxygens (including phenoxy) is 1. The van der Waals surface area contributed by atoms with Gasteiger partial charge in [-0.2, -0.15) is 0 Å². The topological polar surface area (TPSA) is 76.9 Å². The van der Waals surface area contributed by atoms with Gasteiger partial charge >= 0.3 is 0 Å². The van der Waals surface area contributed by atoms with E-state index in [0.29, 0.717) is 18.2 Å². The van der Waals surface area contributed by atoms with Crippen molar-refractivity contribution >= 4 is 5.82 Å². The van der Waals surface area contributed by atoms with Crippen molar-refractivity contribution in [1.82, 2.24) is 24.9 Å². The van der Waals surface area contributed by atoms with Crippen LogP contribution in [0.25, 0.3) is 0 Å². The molecule has 0 bridgehead atoms. The molecule has 7 nitrogen and oxygen atoms in total. The van der Waals surface area contributed by atoms with Gasteiger partial charge in [-0.05, 0) is 26.0 Å². The van der Waals surface area contributed by atoms with Crippen LogP contribution in [0.2, 0.25) is 0 Å². The summed E-state index contributed by atoms with van der Waals surface area (Å²) in [4.78, 5) is 24.6. The zero-order valence-electron chi connectivity index (χ0n) is 16.9. The maximum atomic E-state index is 6.01. The van der Waals surface area contributed by atoms with E-state index in [4.69, 9.17) is 9.72 Å². The number of pyridine rings is 1. The molecule has 1 aliphatic heterocycles. The van der Waals surface area contributed by atoms with Crippen LogP contribution < -0.4 is 9.64 Å². The highest BCUT2D eigenvalue weighted by atomic mass is 16.5. The van der Waals surface area contributed by atoms with Crippen molar-refractivity contribution in [1.29, 1.82) is 0 Å². The lowest BCUT2D eigenvalue weighted by Crippen LogP contribution is -2.18. The number of anilines is 1. The zero-order chi connectivity index (χ0) is 19.9. The van der Waals surface area contributed by atoms with Crippen molar-refractivity contribution < 1.29 is 4.74 Å². The maximum Gasteiger partial charge on any atom is 0.227 e. The van der Waals surface area contributed by atoms with E-state index in [1.165, 1.54) is 0 Å². The highest BCUT2D eigenvalue weighted by Crippen LogP contribution is 2.33. The van der Waals surface area contributed by atoms with Gasteiger partial charge in [-0.1, -0.05) is 20.8 Å². The Hall–Kier alpha value is -3.09. The molecule has 28 heavy (non-hydrogen) atoms. The fourth-order valence-electron chi connectivity index (χ4n) is 3.19. The molecule has 0 fully saturated rings. The number of hydrogen-bond acceptors (Lipinski definition) is 7. The molecule has 3 aromatic rings. The van der Waals surface area contributed by atoms with E-state index in [0.717, 1.165) is 40.7 Å². The summed E-state index contributed by atoms with van der Waals surface area (Å²) in [5, 5.41) is 0. The van der Waals surface area contributed by atoms with Crippen LogP contribution in [0.3, 0.4) is 0 Å². The molecule has 0 N–H and O–H groups in total. The van der Waals surface area contributed by atoms with Crippen LogP contribution in [-0.2, 0) is 18.5 Å². The number of rotatable bonds is 3. The molecule has 7 heteroatoms. The predicted molar refractivity (Wildman–Crippen MR) is 106 cm³/mol. The average Bonchev–Trinajstić information content (AvgIpc) is 3.07. The van der Waals surface area contributed by atoms with Crippen molar-refractivity contribution in [2.24, 2.45) is 0 Å². The third kappa shape index (κ3) is 3.40. The normalized spacial score (nSPS) is 13.5. The number of hydrogen-bond donors (Lipinski definition) is 0. The Morgan fingerprint density at radius 1 is 1.04 bits per heavy atom. The quantitative estimate of drug-likeness (QED) is 0.686. The summed E-state index contributed by atoms with van der Waals surface area (Å²) >= 11 is 0. The van der Waals surface area contributed by atoms with Crippen molar-refractivity contribution in [2.75, 3.05) is 4.90 Å². The first-order chi connectivity index (χ1) is 13.3. The Bertz CT molecular complexity index is 1030. The van der Waals surface area contributed by atoms with Crippen LogP contribution in [-0.4, -0.2) is 24.9 Å². The molecule has 4 rings (SSSR count). The zero-order valence-corrected chi connectivity index (χ0v) is 16.9. The third-order valence-electron chi connectivity index (χ3n) is 4.80. The van der Waals surface area contributed by atoms with E-state index in [-0.39, 0.29) is 5.41 Å². The molecule has 0 saturated carbocycles. The van der Waals surface area contributed by atoms with Crippen molar-refractivity contribution in [3.8, 4) is 11.6 Å². The summed E-state index contributed by atoms with van der Waals surface area (Å²) in [6, 6.07) is 3.74. The van der Waals surface area contributed by atoms with E-state index >= 15 is 0 Å². The molecular weight excluding hydrogens is 352 g/mol. The van der Waals surface area contributed by atoms with Crippen LogP contribution in [0.5, 0.6) is 11.6 Å². The molecule has 0 spiro atoms. The second kappa shape index (κ2) is 6.82. The Morgan fingerprint density at radius 3 is 2.61 bits per heavy atom. The van der Waals surface area contributed by atoms with Crippen LogP contribution in [0, 0.1) is 13.8 Å². The SMILES string of the molecule is Cc1ncccc1Oc1ncnc(N2Cc3cnc(C(C)(C)C)nc3C2)c1C. The number of aromatic nitrogens is 5. The largest absolute Gasteiger partial charge is 0.437 e. The van der Waals surface area contributed by atoms with Gasteiger partial charge < -0.3 is 9.64 Å². The highest BCUT2D eigenvalue weighted by Gasteiger charge is 2.27. The lowest BCUT2D eigenvalue weighted by molar-refractivity contribution is 0.451. The predicted octanol–water partition coefficient (Wildman–Crippen LogP) is 3.89. The van der Waals surface area contributed by atoms with Crippen molar-refractivity contribution in [2.45, 2.75) is 53.1 Å². The number of nitrogens with zero attached hydrogens (tertiary/aromatic N) is 6. The first-order valence-electron chi connectivity index (χ1n) is 9.34. The summed E-state index contributed by atoms with van der Waals surface area (Å²) in [6.45, 7) is 11.7. The second-order valence-electron chi connectivity index (χ2n) is 8.09. The van der Waals surface area contributed by atoms with E-state index < -0.39 is 0 Å². The molecule has 1 aliphatic rings. The van der Waals surface area contributed by atoms with Gasteiger partial charge in [0.2, 0.25) is 5.88 Å². The Kier molecular flexibility index (Phi) is 4.45. The molecule has 0 amide bonds. The Morgan fingerprint density at radius 2 is 1.86 bits per heavy atom. The summed E-state index contributed by atoms with van der Waals surface area (Å²) in [5.74, 6) is 2.95. The maximum absolute atomic E-state index is 6.01. The van der Waals surface area contributed by atoms with Crippen molar-refractivity contribution in [3.05, 3.63) is 59.2 Å². The van der Waals surface area contributed by atoms with Gasteiger partial charge in [-0.3, -0.25) is 4.98 Å². The second-order valence-corrected chi connectivity index (χ2v) is 8.09. The monoisotopic (exact) mass is 376 g/mol. The van der Waals surface area contributed by atoms with Gasteiger partial charge in [0.15, 0.2) is 5.75 Å². The highest BCUT2D eigenvalue weighted by molar-refractivity contribution is 5.54. The standard InChI is InChI=1S/C21H24N6O/c1-13-18(24-12-25-19(13)28-17-7-6-8-22-14(17)2)27-10-15-9-23-20(21(3,4)5)26-16(15)11-27/h6-9,12H,10-11H2,1-5H3. The summed E-state index contributed by atoms with van der Waals surface area (Å²) in [5.41, 5.74) is 3.83. The smallest absolute Gasteiger partial charge is 0.227 e. The van der Waals surface area contributed by atoms with Crippen LogP contribution in [0.1, 0.15) is 49.1 Å². The van der Waals surface area contributed by atoms with Gasteiger partial charge in [0, 0.05) is 29.9 Å². The van der Waals surface area contributed by atoms with E-state index in [1.54, 1.807) is 12.5 Å². The fourth-order valence-corrected chi connectivity index (χ4v) is 3.19. The molecule has 0 aromatic carbocycles. The number of aryl methyl sites for hydroxylation is 1. The van der Waals surface area contributed by atoms with Crippen LogP contribution >= 0.6 is 0 Å². The molecule has 0 saturated heterocycles. The first-order valence-corrected chi connectivity index (χ1v) is 9.34. The lowest BCUT2D eigenvalue weighted by atomic mass is 9.95. The molecule has 3 aromatic heterocycles. The molecule has 144 valence electrons. The summed E-state index contributed by atoms with van der Waals surface area (Å²) < 4.78 is 6.01. The third-order valence-corrected chi connectivity index (χ3v) is 4.80. The van der Waals surface area contributed by atoms with Crippen molar-refractivity contribution in [3.63, 3.8) is 0 Å².